The lowest BCUT2D eigenvalue weighted by Crippen LogP contribution is -2.39. The number of H-pyrrole nitrogens is 1. The van der Waals surface area contributed by atoms with Crippen LogP contribution in [0.25, 0.3) is 0 Å². The van der Waals surface area contributed by atoms with Crippen molar-refractivity contribution in [2.75, 3.05) is 0 Å². The van der Waals surface area contributed by atoms with Gasteiger partial charge in [0, 0.05) is 12.1 Å². The first-order valence-electron chi connectivity index (χ1n) is 6.55. The summed E-state index contributed by atoms with van der Waals surface area (Å²) in [6.07, 6.45) is 5.03. The largest absolute Gasteiger partial charge is 0.329 e. The smallest absolute Gasteiger partial charge is 0.297 e. The first-order chi connectivity index (χ1) is 8.56. The maximum Gasteiger partial charge on any atom is 0.329 e. The van der Waals surface area contributed by atoms with Crippen molar-refractivity contribution >= 4 is 11.6 Å². The highest BCUT2D eigenvalue weighted by molar-refractivity contribution is 6.30. The number of aromatic nitrogens is 2. The molecular formula is C13H17ClN2O2. The molecule has 0 amide bonds. The predicted octanol–water partition coefficient (Wildman–Crippen LogP) is 1.93. The van der Waals surface area contributed by atoms with E-state index in [2.05, 4.69) is 4.98 Å². The zero-order valence-corrected chi connectivity index (χ0v) is 11.2. The van der Waals surface area contributed by atoms with E-state index in [4.69, 9.17) is 11.6 Å². The fourth-order valence-corrected chi connectivity index (χ4v) is 3.81. The minimum Gasteiger partial charge on any atom is -0.297 e. The number of fused-ring (bicyclic) bond motifs is 2. The van der Waals surface area contributed by atoms with Crippen LogP contribution < -0.4 is 11.2 Å². The van der Waals surface area contributed by atoms with Gasteiger partial charge >= 0.3 is 5.69 Å². The third kappa shape index (κ3) is 1.83. The summed E-state index contributed by atoms with van der Waals surface area (Å²) in [7, 11) is 0. The Morgan fingerprint density at radius 1 is 1.33 bits per heavy atom. The molecule has 5 heteroatoms. The molecule has 2 bridgehead atoms. The molecule has 2 aliphatic rings. The standard InChI is InChI=1S/C13H17ClN2O2/c1-7-11(14)15-13(18)16(12(7)17)6-10-5-8-2-3-9(10)4-8/h8-10H,2-6H2,1H3,(H,15,18). The molecule has 1 aromatic rings. The number of aromatic amines is 1. The molecule has 0 spiro atoms. The molecular weight excluding hydrogens is 252 g/mol. The molecule has 3 atom stereocenters. The van der Waals surface area contributed by atoms with E-state index in [1.165, 1.54) is 23.8 Å². The van der Waals surface area contributed by atoms with Crippen LogP contribution in [-0.2, 0) is 6.54 Å². The predicted molar refractivity (Wildman–Crippen MR) is 70.0 cm³/mol. The first-order valence-corrected chi connectivity index (χ1v) is 6.93. The minimum atomic E-state index is -0.377. The normalized spacial score (nSPS) is 30.0. The lowest BCUT2D eigenvalue weighted by Gasteiger charge is -2.22. The minimum absolute atomic E-state index is 0.161. The van der Waals surface area contributed by atoms with Crippen molar-refractivity contribution in [1.29, 1.82) is 0 Å². The third-order valence-electron chi connectivity index (χ3n) is 4.66. The quantitative estimate of drug-likeness (QED) is 0.834. The van der Waals surface area contributed by atoms with Gasteiger partial charge in [0.1, 0.15) is 5.15 Å². The Hall–Kier alpha value is -1.03. The van der Waals surface area contributed by atoms with Gasteiger partial charge in [0.15, 0.2) is 0 Å². The second-order valence-corrected chi connectivity index (χ2v) is 6.10. The summed E-state index contributed by atoms with van der Waals surface area (Å²) in [6, 6.07) is 0. The molecule has 0 saturated heterocycles. The zero-order chi connectivity index (χ0) is 12.9. The number of halogens is 1. The molecule has 2 saturated carbocycles. The molecule has 0 aromatic carbocycles. The monoisotopic (exact) mass is 268 g/mol. The van der Waals surface area contributed by atoms with Gasteiger partial charge in [-0.1, -0.05) is 18.0 Å². The molecule has 0 aliphatic heterocycles. The van der Waals surface area contributed by atoms with E-state index < -0.39 is 0 Å². The van der Waals surface area contributed by atoms with Gasteiger partial charge in [0.25, 0.3) is 5.56 Å². The van der Waals surface area contributed by atoms with Crippen LogP contribution >= 0.6 is 11.6 Å². The number of hydrogen-bond donors (Lipinski definition) is 1. The van der Waals surface area contributed by atoms with Gasteiger partial charge in [-0.2, -0.15) is 0 Å². The van der Waals surface area contributed by atoms with Gasteiger partial charge in [-0.05, 0) is 43.9 Å². The third-order valence-corrected chi connectivity index (χ3v) is 5.04. The maximum atomic E-state index is 12.1. The molecule has 3 unspecified atom stereocenters. The Morgan fingerprint density at radius 3 is 2.72 bits per heavy atom. The van der Waals surface area contributed by atoms with Gasteiger partial charge < -0.3 is 0 Å². The molecule has 1 heterocycles. The average Bonchev–Trinajstić information content (AvgIpc) is 2.94. The maximum absolute atomic E-state index is 12.1. The van der Waals surface area contributed by atoms with Crippen LogP contribution in [-0.4, -0.2) is 9.55 Å². The fraction of sp³-hybridized carbons (Fsp3) is 0.692. The van der Waals surface area contributed by atoms with Crippen LogP contribution in [0, 0.1) is 24.7 Å². The fourth-order valence-electron chi connectivity index (χ4n) is 3.64. The van der Waals surface area contributed by atoms with Crippen molar-refractivity contribution in [2.45, 2.75) is 39.2 Å². The summed E-state index contributed by atoms with van der Waals surface area (Å²) in [5, 5.41) is 0.161. The van der Waals surface area contributed by atoms with Crippen molar-refractivity contribution in [3.05, 3.63) is 31.6 Å². The summed E-state index contributed by atoms with van der Waals surface area (Å²) in [5.74, 6) is 2.02. The van der Waals surface area contributed by atoms with Crippen molar-refractivity contribution in [3.8, 4) is 0 Å². The van der Waals surface area contributed by atoms with Gasteiger partial charge in [0.05, 0.1) is 0 Å². The Balaban J connectivity index is 1.92. The second-order valence-electron chi connectivity index (χ2n) is 5.72. The van der Waals surface area contributed by atoms with Crippen LogP contribution in [0.3, 0.4) is 0 Å². The summed E-state index contributed by atoms with van der Waals surface area (Å²) >= 11 is 5.80. The first kappa shape index (κ1) is 12.0. The van der Waals surface area contributed by atoms with Gasteiger partial charge in [-0.3, -0.25) is 14.3 Å². The van der Waals surface area contributed by atoms with Crippen LogP contribution in [0.5, 0.6) is 0 Å². The number of nitrogens with zero attached hydrogens (tertiary/aromatic N) is 1. The van der Waals surface area contributed by atoms with E-state index in [1.807, 2.05) is 0 Å². The summed E-state index contributed by atoms with van der Waals surface area (Å²) < 4.78 is 1.33. The Bertz CT molecular complexity index is 590. The second kappa shape index (κ2) is 4.26. The topological polar surface area (TPSA) is 54.9 Å². The molecule has 1 aromatic heterocycles. The summed E-state index contributed by atoms with van der Waals surface area (Å²) in [4.78, 5) is 26.4. The lowest BCUT2D eigenvalue weighted by molar-refractivity contribution is 0.288. The number of rotatable bonds is 2. The van der Waals surface area contributed by atoms with Crippen molar-refractivity contribution in [1.82, 2.24) is 9.55 Å². The molecule has 4 nitrogen and oxygen atoms in total. The van der Waals surface area contributed by atoms with E-state index in [1.54, 1.807) is 6.92 Å². The van der Waals surface area contributed by atoms with Gasteiger partial charge in [-0.25, -0.2) is 4.79 Å². The van der Waals surface area contributed by atoms with Crippen LogP contribution in [0.1, 0.15) is 31.2 Å². The van der Waals surface area contributed by atoms with Crippen LogP contribution in [0.15, 0.2) is 9.59 Å². The lowest BCUT2D eigenvalue weighted by atomic mass is 9.89. The highest BCUT2D eigenvalue weighted by Crippen LogP contribution is 2.48. The van der Waals surface area contributed by atoms with Crippen molar-refractivity contribution in [2.24, 2.45) is 17.8 Å². The van der Waals surface area contributed by atoms with E-state index in [0.29, 0.717) is 23.9 Å². The van der Waals surface area contributed by atoms with E-state index in [-0.39, 0.29) is 16.4 Å². The summed E-state index contributed by atoms with van der Waals surface area (Å²) in [5.41, 5.74) is -0.190. The number of hydrogen-bond acceptors (Lipinski definition) is 2. The van der Waals surface area contributed by atoms with Gasteiger partial charge in [-0.15, -0.1) is 0 Å². The van der Waals surface area contributed by atoms with E-state index in [0.717, 1.165) is 12.3 Å². The summed E-state index contributed by atoms with van der Waals surface area (Å²) in [6.45, 7) is 2.20. The molecule has 98 valence electrons. The number of nitrogens with one attached hydrogen (secondary N) is 1. The highest BCUT2D eigenvalue weighted by Gasteiger charge is 2.39. The Labute approximate surface area is 110 Å². The molecule has 2 aliphatic carbocycles. The molecule has 1 N–H and O–H groups in total. The highest BCUT2D eigenvalue weighted by atomic mass is 35.5. The van der Waals surface area contributed by atoms with Crippen LogP contribution in [0.4, 0.5) is 0 Å². The van der Waals surface area contributed by atoms with E-state index >= 15 is 0 Å². The van der Waals surface area contributed by atoms with E-state index in [9.17, 15) is 9.59 Å². The zero-order valence-electron chi connectivity index (χ0n) is 10.4. The van der Waals surface area contributed by atoms with Gasteiger partial charge in [0.2, 0.25) is 0 Å². The average molecular weight is 269 g/mol. The van der Waals surface area contributed by atoms with Crippen LogP contribution in [0.2, 0.25) is 5.15 Å². The van der Waals surface area contributed by atoms with Crippen molar-refractivity contribution < 1.29 is 0 Å². The molecule has 0 radical (unpaired) electrons. The Kier molecular flexibility index (Phi) is 2.85. The van der Waals surface area contributed by atoms with Crippen molar-refractivity contribution in [3.63, 3.8) is 0 Å². The SMILES string of the molecule is Cc1c(Cl)[nH]c(=O)n(CC2CC3CCC2C3)c1=O. The molecule has 3 rings (SSSR count). The Morgan fingerprint density at radius 2 is 2.11 bits per heavy atom. The molecule has 18 heavy (non-hydrogen) atoms. The molecule has 2 fully saturated rings.